The summed E-state index contributed by atoms with van der Waals surface area (Å²) in [6.45, 7) is 6.23. The van der Waals surface area contributed by atoms with Gasteiger partial charge in [-0.1, -0.05) is 0 Å². The van der Waals surface area contributed by atoms with Crippen LogP contribution in [0.4, 0.5) is 10.5 Å². The van der Waals surface area contributed by atoms with Crippen LogP contribution in [0, 0.1) is 0 Å². The highest BCUT2D eigenvalue weighted by molar-refractivity contribution is 6.16. The van der Waals surface area contributed by atoms with Crippen LogP contribution >= 0.6 is 0 Å². The monoisotopic (exact) mass is 529 g/mol. The summed E-state index contributed by atoms with van der Waals surface area (Å²) in [5, 5.41) is 6.31. The molecule has 0 bridgehead atoms. The van der Waals surface area contributed by atoms with E-state index in [1.54, 1.807) is 32.4 Å². The second-order valence-corrected chi connectivity index (χ2v) is 10.6. The van der Waals surface area contributed by atoms with Crippen molar-refractivity contribution in [3.63, 3.8) is 0 Å². The molecule has 1 saturated carbocycles. The molecule has 2 aromatic carbocycles. The van der Waals surface area contributed by atoms with Crippen LogP contribution in [-0.2, 0) is 6.54 Å². The topological polar surface area (TPSA) is 88.1 Å². The van der Waals surface area contributed by atoms with Crippen LogP contribution in [0.1, 0.15) is 40.4 Å². The summed E-state index contributed by atoms with van der Waals surface area (Å²) in [6, 6.07) is 11.0. The molecule has 9 nitrogen and oxygen atoms in total. The molecule has 0 radical (unpaired) electrons. The fourth-order valence-electron chi connectivity index (χ4n) is 5.60. The Morgan fingerprint density at radius 3 is 2.62 bits per heavy atom. The zero-order valence-corrected chi connectivity index (χ0v) is 22.8. The summed E-state index contributed by atoms with van der Waals surface area (Å²) in [7, 11) is 5.40. The van der Waals surface area contributed by atoms with Gasteiger partial charge >= 0.3 is 6.03 Å². The molecular formula is C30H35N5O4. The Morgan fingerprint density at radius 1 is 1.10 bits per heavy atom. The predicted molar refractivity (Wildman–Crippen MR) is 152 cm³/mol. The first-order chi connectivity index (χ1) is 18.9. The molecule has 2 fully saturated rings. The van der Waals surface area contributed by atoms with E-state index in [0.29, 0.717) is 28.7 Å². The molecule has 3 aromatic rings. The van der Waals surface area contributed by atoms with Gasteiger partial charge in [-0.2, -0.15) is 0 Å². The van der Waals surface area contributed by atoms with Crippen molar-refractivity contribution in [2.24, 2.45) is 0 Å². The molecule has 0 spiro atoms. The highest BCUT2D eigenvalue weighted by Gasteiger charge is 2.34. The van der Waals surface area contributed by atoms with Crippen molar-refractivity contribution in [3.8, 4) is 11.5 Å². The lowest BCUT2D eigenvalue weighted by Crippen LogP contribution is -2.45. The van der Waals surface area contributed by atoms with E-state index in [2.05, 4.69) is 44.2 Å². The number of rotatable bonds is 7. The summed E-state index contributed by atoms with van der Waals surface area (Å²) in [6.07, 6.45) is 4.19. The van der Waals surface area contributed by atoms with Crippen LogP contribution in [0.5, 0.6) is 11.5 Å². The fourth-order valence-corrected chi connectivity index (χ4v) is 5.60. The van der Waals surface area contributed by atoms with Gasteiger partial charge in [0, 0.05) is 74.2 Å². The molecule has 0 atom stereocenters. The number of likely N-dealkylation sites (N-methyl/N-ethyl adjacent to an activating group) is 1. The van der Waals surface area contributed by atoms with Crippen molar-refractivity contribution in [2.75, 3.05) is 59.2 Å². The second-order valence-electron chi connectivity index (χ2n) is 10.6. The lowest BCUT2D eigenvalue weighted by Gasteiger charge is -2.32. The first-order valence-electron chi connectivity index (χ1n) is 13.6. The van der Waals surface area contributed by atoms with E-state index in [4.69, 9.17) is 9.47 Å². The van der Waals surface area contributed by atoms with Crippen LogP contribution in [0.25, 0.3) is 17.0 Å². The number of ketones is 1. The number of ether oxygens (including phenoxy) is 2. The molecule has 0 unspecified atom stereocenters. The SMILES string of the molecule is CNC(=O)Nc1ccc2c(c1)C(=O)/C(=C/c1c(C3CC3)n(CCN3CCN(C)CC3)c3ccc(OC)cc13)O2. The minimum atomic E-state index is -0.343. The predicted octanol–water partition coefficient (Wildman–Crippen LogP) is 4.14. The number of hydrogen-bond acceptors (Lipinski definition) is 6. The maximum absolute atomic E-state index is 13.5. The van der Waals surface area contributed by atoms with Crippen molar-refractivity contribution >= 4 is 34.5 Å². The maximum Gasteiger partial charge on any atom is 0.318 e. The Kier molecular flexibility index (Phi) is 6.78. The number of amides is 2. The molecule has 2 amide bonds. The van der Waals surface area contributed by atoms with Crippen LogP contribution in [0.15, 0.2) is 42.2 Å². The Balaban J connectivity index is 1.37. The Labute approximate surface area is 228 Å². The number of piperazine rings is 1. The minimum Gasteiger partial charge on any atom is -0.497 e. The van der Waals surface area contributed by atoms with Gasteiger partial charge in [0.2, 0.25) is 5.78 Å². The van der Waals surface area contributed by atoms with E-state index in [0.717, 1.165) is 74.3 Å². The second kappa shape index (κ2) is 10.4. The third-order valence-corrected chi connectivity index (χ3v) is 7.98. The number of methoxy groups -OCH3 is 1. The van der Waals surface area contributed by atoms with Gasteiger partial charge in [0.05, 0.1) is 12.7 Å². The van der Waals surface area contributed by atoms with Crippen LogP contribution in [0.2, 0.25) is 0 Å². The number of fused-ring (bicyclic) bond motifs is 2. The zero-order chi connectivity index (χ0) is 27.1. The van der Waals surface area contributed by atoms with Gasteiger partial charge in [0.25, 0.3) is 0 Å². The molecule has 2 aliphatic heterocycles. The fraction of sp³-hybridized carbons (Fsp3) is 0.400. The lowest BCUT2D eigenvalue weighted by atomic mass is 10.0. The van der Waals surface area contributed by atoms with Crippen molar-refractivity contribution in [1.82, 2.24) is 19.7 Å². The van der Waals surface area contributed by atoms with E-state index in [1.165, 1.54) is 5.69 Å². The number of nitrogens with zero attached hydrogens (tertiary/aromatic N) is 3. The molecular weight excluding hydrogens is 494 g/mol. The number of Topliss-reactive ketones (excluding diaryl/α,β-unsaturated/α-hetero) is 1. The number of benzene rings is 2. The van der Waals surface area contributed by atoms with Crippen LogP contribution < -0.4 is 20.1 Å². The lowest BCUT2D eigenvalue weighted by molar-refractivity contribution is 0.101. The summed E-state index contributed by atoms with van der Waals surface area (Å²) in [5.41, 5.74) is 4.44. The van der Waals surface area contributed by atoms with E-state index < -0.39 is 0 Å². The molecule has 39 heavy (non-hydrogen) atoms. The van der Waals surface area contributed by atoms with E-state index in [1.807, 2.05) is 12.1 Å². The first-order valence-corrected chi connectivity index (χ1v) is 13.6. The maximum atomic E-state index is 13.5. The number of urea groups is 1. The van der Waals surface area contributed by atoms with Gasteiger partial charge in [0.15, 0.2) is 5.76 Å². The van der Waals surface area contributed by atoms with Crippen molar-refractivity contribution < 1.29 is 19.1 Å². The Hall–Kier alpha value is -3.82. The largest absolute Gasteiger partial charge is 0.497 e. The third kappa shape index (κ3) is 4.99. The quantitative estimate of drug-likeness (QED) is 0.448. The molecule has 1 saturated heterocycles. The van der Waals surface area contributed by atoms with Crippen LogP contribution in [-0.4, -0.2) is 80.1 Å². The summed E-state index contributed by atoms with van der Waals surface area (Å²) in [5.74, 6) is 1.86. The first kappa shape index (κ1) is 25.5. The number of carbonyl (C=O) groups is 2. The van der Waals surface area contributed by atoms with E-state index in [9.17, 15) is 9.59 Å². The summed E-state index contributed by atoms with van der Waals surface area (Å²) >= 11 is 0. The van der Waals surface area contributed by atoms with Gasteiger partial charge in [-0.15, -0.1) is 0 Å². The number of aromatic nitrogens is 1. The van der Waals surface area contributed by atoms with Crippen molar-refractivity contribution in [1.29, 1.82) is 0 Å². The van der Waals surface area contributed by atoms with Gasteiger partial charge in [-0.3, -0.25) is 9.69 Å². The number of nitrogens with one attached hydrogen (secondary N) is 2. The molecule has 3 aliphatic rings. The molecule has 3 heterocycles. The normalized spacial score (nSPS) is 18.8. The molecule has 1 aliphatic carbocycles. The van der Waals surface area contributed by atoms with E-state index in [-0.39, 0.29) is 11.8 Å². The number of anilines is 1. The van der Waals surface area contributed by atoms with Crippen LogP contribution in [0.3, 0.4) is 0 Å². The number of carbonyl (C=O) groups excluding carboxylic acids is 2. The molecule has 6 rings (SSSR count). The zero-order valence-electron chi connectivity index (χ0n) is 22.8. The molecule has 1 aromatic heterocycles. The van der Waals surface area contributed by atoms with Gasteiger partial charge in [0.1, 0.15) is 11.5 Å². The molecule has 9 heteroatoms. The van der Waals surface area contributed by atoms with Crippen molar-refractivity contribution in [2.45, 2.75) is 25.3 Å². The number of allylic oxidation sites excluding steroid dienone is 1. The van der Waals surface area contributed by atoms with Gasteiger partial charge in [-0.25, -0.2) is 4.79 Å². The van der Waals surface area contributed by atoms with Gasteiger partial charge < -0.3 is 29.6 Å². The van der Waals surface area contributed by atoms with Crippen molar-refractivity contribution in [3.05, 3.63) is 59.0 Å². The standard InChI is InChI=1S/C30H35N5O4/c1-31-30(37)32-20-6-9-26-24(16-20)29(36)27(39-26)18-23-22-17-21(38-3)7-8-25(22)35(28(23)19-4-5-19)15-14-34-12-10-33(2)11-13-34/h6-9,16-19H,4-5,10-15H2,1-3H3,(H2,31,32,37)/b27-18-. The summed E-state index contributed by atoms with van der Waals surface area (Å²) < 4.78 is 14.1. The average Bonchev–Trinajstić information content (AvgIpc) is 3.69. The highest BCUT2D eigenvalue weighted by Crippen LogP contribution is 2.47. The highest BCUT2D eigenvalue weighted by atomic mass is 16.5. The minimum absolute atomic E-state index is 0.187. The Bertz CT molecular complexity index is 1460. The third-order valence-electron chi connectivity index (χ3n) is 7.98. The van der Waals surface area contributed by atoms with Gasteiger partial charge in [-0.05, 0) is 68.3 Å². The van der Waals surface area contributed by atoms with E-state index >= 15 is 0 Å². The average molecular weight is 530 g/mol. The number of hydrogen-bond donors (Lipinski definition) is 2. The summed E-state index contributed by atoms with van der Waals surface area (Å²) in [4.78, 5) is 30.1. The smallest absolute Gasteiger partial charge is 0.318 e. The molecule has 2 N–H and O–H groups in total. The Morgan fingerprint density at radius 2 is 1.90 bits per heavy atom. The molecule has 204 valence electrons.